The molecule has 1 aliphatic rings. The van der Waals surface area contributed by atoms with Crippen molar-refractivity contribution in [2.45, 2.75) is 31.7 Å². The number of carbonyl (C=O) groups is 1. The maximum atomic E-state index is 11.7. The number of nitrogens with two attached hydrogens (primary N) is 1. The number of rotatable bonds is 8. The molecule has 0 radical (unpaired) electrons. The minimum absolute atomic E-state index is 0.0229. The summed E-state index contributed by atoms with van der Waals surface area (Å²) in [5.74, 6) is 0.0578. The maximum absolute atomic E-state index is 11.7. The second-order valence-electron chi connectivity index (χ2n) is 4.00. The van der Waals surface area contributed by atoms with Crippen LogP contribution in [0.4, 0.5) is 8.78 Å². The lowest BCUT2D eigenvalue weighted by Crippen LogP contribution is -2.45. The summed E-state index contributed by atoms with van der Waals surface area (Å²) < 4.78 is 28.1. The molecule has 17 heavy (non-hydrogen) atoms. The van der Waals surface area contributed by atoms with Gasteiger partial charge in [-0.3, -0.25) is 4.79 Å². The van der Waals surface area contributed by atoms with Gasteiger partial charge in [0.2, 0.25) is 5.91 Å². The molecule has 0 bridgehead atoms. The second-order valence-corrected chi connectivity index (χ2v) is 4.47. The highest BCUT2D eigenvalue weighted by molar-refractivity contribution is 7.80. The molecule has 1 atom stereocenters. The van der Waals surface area contributed by atoms with Gasteiger partial charge in [0.15, 0.2) is 0 Å². The summed E-state index contributed by atoms with van der Waals surface area (Å²) in [4.78, 5) is 11.7. The normalized spacial score (nSPS) is 16.9. The number of nitrogens with one attached hydrogen (secondary N) is 1. The van der Waals surface area contributed by atoms with E-state index in [0.29, 0.717) is 5.92 Å². The predicted octanol–water partition coefficient (Wildman–Crippen LogP) is 0.839. The average Bonchev–Trinajstić information content (AvgIpc) is 3.04. The molecule has 7 heteroatoms. The van der Waals surface area contributed by atoms with Crippen molar-refractivity contribution in [3.05, 3.63) is 0 Å². The lowest BCUT2D eigenvalue weighted by molar-refractivity contribution is -0.123. The third-order valence-electron chi connectivity index (χ3n) is 2.43. The van der Waals surface area contributed by atoms with E-state index in [-0.39, 0.29) is 30.0 Å². The van der Waals surface area contributed by atoms with Crippen LogP contribution in [0, 0.1) is 5.92 Å². The topological polar surface area (TPSA) is 64.3 Å². The van der Waals surface area contributed by atoms with Crippen LogP contribution in [-0.2, 0) is 9.53 Å². The Balaban J connectivity index is 2.16. The first-order chi connectivity index (χ1) is 8.00. The minimum Gasteiger partial charge on any atom is -0.392 e. The van der Waals surface area contributed by atoms with Crippen LogP contribution in [0.1, 0.15) is 19.3 Å². The van der Waals surface area contributed by atoms with Gasteiger partial charge >= 0.3 is 0 Å². The van der Waals surface area contributed by atoms with E-state index in [0.717, 1.165) is 12.8 Å². The molecule has 1 rings (SSSR count). The van der Waals surface area contributed by atoms with Gasteiger partial charge in [0, 0.05) is 6.42 Å². The first kappa shape index (κ1) is 14.2. The van der Waals surface area contributed by atoms with Crippen LogP contribution >= 0.6 is 12.2 Å². The smallest absolute Gasteiger partial charge is 0.261 e. The lowest BCUT2D eigenvalue weighted by Gasteiger charge is -2.16. The molecule has 3 N–H and O–H groups in total. The number of alkyl halides is 2. The molecule has 0 spiro atoms. The van der Waals surface area contributed by atoms with Crippen molar-refractivity contribution < 1.29 is 18.3 Å². The zero-order chi connectivity index (χ0) is 12.8. The Bertz CT molecular complexity index is 285. The molecule has 0 heterocycles. The Hall–Kier alpha value is -0.820. The second kappa shape index (κ2) is 6.80. The van der Waals surface area contributed by atoms with Crippen molar-refractivity contribution in [1.29, 1.82) is 0 Å². The van der Waals surface area contributed by atoms with E-state index in [1.165, 1.54) is 0 Å². The molecule has 98 valence electrons. The van der Waals surface area contributed by atoms with Crippen LogP contribution in [0.2, 0.25) is 0 Å². The van der Waals surface area contributed by atoms with Crippen LogP contribution in [0.25, 0.3) is 0 Å². The summed E-state index contributed by atoms with van der Waals surface area (Å²) in [7, 11) is 0. The summed E-state index contributed by atoms with van der Waals surface area (Å²) in [6, 6.07) is -0.271. The van der Waals surface area contributed by atoms with Crippen molar-refractivity contribution in [3.63, 3.8) is 0 Å². The van der Waals surface area contributed by atoms with Gasteiger partial charge in [-0.25, -0.2) is 8.78 Å². The summed E-state index contributed by atoms with van der Waals surface area (Å²) >= 11 is 4.85. The molecule has 1 amide bonds. The summed E-state index contributed by atoms with van der Waals surface area (Å²) in [6.07, 6.45) is -0.457. The van der Waals surface area contributed by atoms with Gasteiger partial charge < -0.3 is 15.8 Å². The Morgan fingerprint density at radius 2 is 2.18 bits per heavy atom. The highest BCUT2D eigenvalue weighted by Crippen LogP contribution is 2.32. The number of thiocarbonyl (C=S) groups is 1. The highest BCUT2D eigenvalue weighted by Gasteiger charge is 2.33. The van der Waals surface area contributed by atoms with Gasteiger partial charge in [-0.2, -0.15) is 0 Å². The third-order valence-corrected chi connectivity index (χ3v) is 2.69. The molecule has 0 aromatic rings. The first-order valence-electron chi connectivity index (χ1n) is 5.45. The van der Waals surface area contributed by atoms with E-state index in [9.17, 15) is 13.6 Å². The van der Waals surface area contributed by atoms with E-state index in [4.69, 9.17) is 18.0 Å². The van der Waals surface area contributed by atoms with Crippen molar-refractivity contribution in [3.8, 4) is 0 Å². The Morgan fingerprint density at radius 1 is 1.53 bits per heavy atom. The van der Waals surface area contributed by atoms with Crippen LogP contribution in [0.5, 0.6) is 0 Å². The fourth-order valence-electron chi connectivity index (χ4n) is 1.43. The van der Waals surface area contributed by atoms with Crippen molar-refractivity contribution in [1.82, 2.24) is 5.32 Å². The van der Waals surface area contributed by atoms with E-state index in [1.807, 2.05) is 0 Å². The van der Waals surface area contributed by atoms with Crippen LogP contribution < -0.4 is 11.1 Å². The standard InChI is InChI=1S/C10H16F2N2O2S/c11-7(12)5-16-4-3-8(15)14-9(10(13)17)6-1-2-6/h6-7,9H,1-5H2,(H2,13,17)(H,14,15). The predicted molar refractivity (Wildman–Crippen MR) is 62.9 cm³/mol. The van der Waals surface area contributed by atoms with Gasteiger partial charge in [0.05, 0.1) is 17.6 Å². The average molecular weight is 266 g/mol. The molecule has 0 aromatic carbocycles. The third kappa shape index (κ3) is 5.88. The maximum Gasteiger partial charge on any atom is 0.261 e. The number of hydrogen-bond donors (Lipinski definition) is 2. The fourth-order valence-corrected chi connectivity index (χ4v) is 1.69. The van der Waals surface area contributed by atoms with E-state index < -0.39 is 13.0 Å². The molecular formula is C10H16F2N2O2S. The quantitative estimate of drug-likeness (QED) is 0.505. The number of hydrogen-bond acceptors (Lipinski definition) is 3. The Kier molecular flexibility index (Phi) is 5.70. The zero-order valence-corrected chi connectivity index (χ0v) is 10.1. The van der Waals surface area contributed by atoms with E-state index >= 15 is 0 Å². The molecule has 1 unspecified atom stereocenters. The summed E-state index contributed by atoms with van der Waals surface area (Å²) in [5, 5.41) is 2.69. The number of carbonyl (C=O) groups excluding carboxylic acids is 1. The largest absolute Gasteiger partial charge is 0.392 e. The first-order valence-corrected chi connectivity index (χ1v) is 5.86. The molecule has 0 aliphatic heterocycles. The Labute approximate surface area is 104 Å². The Morgan fingerprint density at radius 3 is 2.65 bits per heavy atom. The van der Waals surface area contributed by atoms with Gasteiger partial charge in [0.25, 0.3) is 6.43 Å². The van der Waals surface area contributed by atoms with Crippen LogP contribution in [0.3, 0.4) is 0 Å². The molecule has 0 saturated heterocycles. The molecular weight excluding hydrogens is 250 g/mol. The van der Waals surface area contributed by atoms with Crippen LogP contribution in [0.15, 0.2) is 0 Å². The lowest BCUT2D eigenvalue weighted by atomic mass is 10.2. The van der Waals surface area contributed by atoms with Gasteiger partial charge in [-0.1, -0.05) is 12.2 Å². The zero-order valence-electron chi connectivity index (χ0n) is 9.33. The van der Waals surface area contributed by atoms with Crippen LogP contribution in [-0.4, -0.2) is 36.6 Å². The molecule has 1 aliphatic carbocycles. The van der Waals surface area contributed by atoms with Crippen molar-refractivity contribution in [2.75, 3.05) is 13.2 Å². The van der Waals surface area contributed by atoms with Crippen molar-refractivity contribution in [2.24, 2.45) is 11.7 Å². The minimum atomic E-state index is -2.51. The van der Waals surface area contributed by atoms with Gasteiger partial charge in [0.1, 0.15) is 6.61 Å². The molecule has 0 aromatic heterocycles. The molecule has 1 saturated carbocycles. The molecule has 4 nitrogen and oxygen atoms in total. The SMILES string of the molecule is NC(=S)C(NC(=O)CCOCC(F)F)C1CC1. The number of halogens is 2. The van der Waals surface area contributed by atoms with E-state index in [2.05, 4.69) is 10.1 Å². The van der Waals surface area contributed by atoms with Crippen molar-refractivity contribution >= 4 is 23.1 Å². The number of amides is 1. The highest BCUT2D eigenvalue weighted by atomic mass is 32.1. The van der Waals surface area contributed by atoms with E-state index in [1.54, 1.807) is 0 Å². The fraction of sp³-hybridized carbons (Fsp3) is 0.800. The molecule has 1 fully saturated rings. The number of ether oxygens (including phenoxy) is 1. The van der Waals surface area contributed by atoms with Gasteiger partial charge in [-0.15, -0.1) is 0 Å². The summed E-state index contributed by atoms with van der Waals surface area (Å²) in [5.41, 5.74) is 5.51. The summed E-state index contributed by atoms with van der Waals surface area (Å²) in [6.45, 7) is -0.667. The van der Waals surface area contributed by atoms with Gasteiger partial charge in [-0.05, 0) is 18.8 Å². The monoisotopic (exact) mass is 266 g/mol.